The van der Waals surface area contributed by atoms with E-state index in [1.54, 1.807) is 30.4 Å². The lowest BCUT2D eigenvalue weighted by Crippen LogP contribution is -2.15. The number of fused-ring (bicyclic) bond motifs is 2. The lowest BCUT2D eigenvalue weighted by Gasteiger charge is -2.18. The molecule has 2 aromatic carbocycles. The van der Waals surface area contributed by atoms with Crippen molar-refractivity contribution in [2.45, 2.75) is 26.4 Å². The second kappa shape index (κ2) is 7.35. The number of carbonyl (C=O) groups excluding carboxylic acids is 1. The highest BCUT2D eigenvalue weighted by atomic mass is 16.6. The molecule has 0 aromatic heterocycles. The molecule has 0 saturated heterocycles. The number of benzene rings is 2. The maximum atomic E-state index is 12.6. The van der Waals surface area contributed by atoms with E-state index in [1.807, 2.05) is 26.0 Å². The van der Waals surface area contributed by atoms with E-state index in [4.69, 9.17) is 18.9 Å². The smallest absolute Gasteiger partial charge is 0.185 e. The van der Waals surface area contributed by atoms with Crippen LogP contribution in [0.25, 0.3) is 6.08 Å². The van der Waals surface area contributed by atoms with Crippen LogP contribution in [0.15, 0.2) is 36.4 Å². The van der Waals surface area contributed by atoms with E-state index in [2.05, 4.69) is 0 Å². The highest BCUT2D eigenvalue weighted by molar-refractivity contribution is 6.07. The fourth-order valence-electron chi connectivity index (χ4n) is 3.32. The average molecular weight is 366 g/mol. The highest BCUT2D eigenvalue weighted by Crippen LogP contribution is 2.36. The third kappa shape index (κ3) is 3.63. The van der Waals surface area contributed by atoms with Crippen LogP contribution in [0.3, 0.4) is 0 Å². The van der Waals surface area contributed by atoms with Gasteiger partial charge in [-0.25, -0.2) is 0 Å². The Labute approximate surface area is 158 Å². The van der Waals surface area contributed by atoms with Gasteiger partial charge in [0.2, 0.25) is 0 Å². The predicted octanol–water partition coefficient (Wildman–Crippen LogP) is 4.08. The summed E-state index contributed by atoms with van der Waals surface area (Å²) in [5.74, 6) is 2.79. The number of hydrogen-bond donors (Lipinski definition) is 0. The van der Waals surface area contributed by atoms with Gasteiger partial charge in [-0.3, -0.25) is 4.79 Å². The van der Waals surface area contributed by atoms with Gasteiger partial charge in [-0.2, -0.15) is 0 Å². The number of rotatable bonds is 5. The quantitative estimate of drug-likeness (QED) is 0.590. The fourth-order valence-corrected chi connectivity index (χ4v) is 3.32. The van der Waals surface area contributed by atoms with E-state index in [0.717, 1.165) is 29.0 Å². The Hall–Kier alpha value is -2.95. The zero-order valence-electron chi connectivity index (χ0n) is 15.5. The van der Waals surface area contributed by atoms with Crippen LogP contribution in [0.2, 0.25) is 0 Å². The summed E-state index contributed by atoms with van der Waals surface area (Å²) < 4.78 is 22.6. The molecule has 0 saturated carbocycles. The van der Waals surface area contributed by atoms with Crippen molar-refractivity contribution in [1.29, 1.82) is 0 Å². The van der Waals surface area contributed by atoms with E-state index < -0.39 is 0 Å². The number of ether oxygens (including phenoxy) is 4. The first-order valence-electron chi connectivity index (χ1n) is 9.22. The van der Waals surface area contributed by atoms with Crippen LogP contribution >= 0.6 is 0 Å². The van der Waals surface area contributed by atoms with E-state index in [9.17, 15) is 4.79 Å². The van der Waals surface area contributed by atoms with Crippen molar-refractivity contribution in [3.8, 4) is 23.0 Å². The Morgan fingerprint density at radius 3 is 2.78 bits per heavy atom. The molecule has 0 radical (unpaired) electrons. The SMILES string of the molecule is CCOc1cc2c(cc1/C=C/C(=O)c1ccc3c(c1)OCCO3)O[C@@H](C)C2. The van der Waals surface area contributed by atoms with Crippen LogP contribution < -0.4 is 18.9 Å². The Balaban J connectivity index is 1.59. The predicted molar refractivity (Wildman–Crippen MR) is 102 cm³/mol. The molecule has 0 fully saturated rings. The van der Waals surface area contributed by atoms with Crippen LogP contribution in [0.1, 0.15) is 35.3 Å². The van der Waals surface area contributed by atoms with Gasteiger partial charge in [0.25, 0.3) is 0 Å². The Morgan fingerprint density at radius 2 is 1.96 bits per heavy atom. The minimum atomic E-state index is -0.107. The number of allylic oxidation sites excluding steroid dienone is 1. The van der Waals surface area contributed by atoms with Crippen molar-refractivity contribution < 1.29 is 23.7 Å². The molecule has 4 rings (SSSR count). The summed E-state index contributed by atoms with van der Waals surface area (Å²) in [4.78, 5) is 12.6. The van der Waals surface area contributed by atoms with Gasteiger partial charge < -0.3 is 18.9 Å². The largest absolute Gasteiger partial charge is 0.493 e. The Bertz CT molecular complexity index is 900. The first-order valence-corrected chi connectivity index (χ1v) is 9.22. The van der Waals surface area contributed by atoms with Crippen molar-refractivity contribution in [2.24, 2.45) is 0 Å². The molecule has 0 amide bonds. The average Bonchev–Trinajstić information content (AvgIpc) is 3.04. The Morgan fingerprint density at radius 1 is 1.15 bits per heavy atom. The van der Waals surface area contributed by atoms with Crippen LogP contribution in [-0.4, -0.2) is 31.7 Å². The molecule has 0 aliphatic carbocycles. The molecule has 2 aromatic rings. The molecular formula is C22H22O5. The summed E-state index contributed by atoms with van der Waals surface area (Å²) in [7, 11) is 0. The topological polar surface area (TPSA) is 54.0 Å². The standard InChI is InChI=1S/C22H22O5/c1-3-24-20-13-17-10-14(2)27-21(17)12-16(20)4-6-18(23)15-5-7-19-22(11-15)26-9-8-25-19/h4-7,11-14H,3,8-10H2,1-2H3/b6-4+/t14-/m0/s1. The third-order valence-corrected chi connectivity index (χ3v) is 4.57. The summed E-state index contributed by atoms with van der Waals surface area (Å²) in [6, 6.07) is 9.19. The van der Waals surface area contributed by atoms with Gasteiger partial charge in [0.05, 0.1) is 6.61 Å². The van der Waals surface area contributed by atoms with Crippen LogP contribution in [0, 0.1) is 0 Å². The maximum Gasteiger partial charge on any atom is 0.185 e. The molecule has 2 heterocycles. The summed E-state index contributed by atoms with van der Waals surface area (Å²) in [6.07, 6.45) is 4.36. The zero-order valence-corrected chi connectivity index (χ0v) is 15.5. The summed E-state index contributed by atoms with van der Waals surface area (Å²) >= 11 is 0. The van der Waals surface area contributed by atoms with Crippen LogP contribution in [0.5, 0.6) is 23.0 Å². The lowest BCUT2D eigenvalue weighted by atomic mass is 10.0. The zero-order chi connectivity index (χ0) is 18.8. The molecule has 5 nitrogen and oxygen atoms in total. The van der Waals surface area contributed by atoms with E-state index in [1.165, 1.54) is 0 Å². The first-order chi connectivity index (χ1) is 13.1. The monoisotopic (exact) mass is 366 g/mol. The van der Waals surface area contributed by atoms with Crippen molar-refractivity contribution in [1.82, 2.24) is 0 Å². The molecule has 2 aliphatic rings. The van der Waals surface area contributed by atoms with Gasteiger partial charge in [0, 0.05) is 23.1 Å². The molecule has 5 heteroatoms. The van der Waals surface area contributed by atoms with Gasteiger partial charge >= 0.3 is 0 Å². The van der Waals surface area contributed by atoms with Crippen molar-refractivity contribution in [3.05, 3.63) is 53.1 Å². The van der Waals surface area contributed by atoms with E-state index in [-0.39, 0.29) is 11.9 Å². The van der Waals surface area contributed by atoms with E-state index in [0.29, 0.717) is 36.9 Å². The van der Waals surface area contributed by atoms with Gasteiger partial charge in [-0.1, -0.05) is 0 Å². The molecule has 27 heavy (non-hydrogen) atoms. The van der Waals surface area contributed by atoms with Crippen LogP contribution in [0.4, 0.5) is 0 Å². The van der Waals surface area contributed by atoms with Crippen molar-refractivity contribution in [2.75, 3.05) is 19.8 Å². The molecule has 0 spiro atoms. The second-order valence-corrected chi connectivity index (χ2v) is 6.62. The van der Waals surface area contributed by atoms with Crippen LogP contribution in [-0.2, 0) is 6.42 Å². The molecule has 0 unspecified atom stereocenters. The molecular weight excluding hydrogens is 344 g/mol. The second-order valence-electron chi connectivity index (χ2n) is 6.62. The maximum absolute atomic E-state index is 12.6. The number of carbonyl (C=O) groups is 1. The van der Waals surface area contributed by atoms with Gasteiger partial charge in [0.1, 0.15) is 30.8 Å². The fraction of sp³-hybridized carbons (Fsp3) is 0.318. The lowest BCUT2D eigenvalue weighted by molar-refractivity contribution is 0.104. The van der Waals surface area contributed by atoms with E-state index >= 15 is 0 Å². The number of ketones is 1. The highest BCUT2D eigenvalue weighted by Gasteiger charge is 2.21. The summed E-state index contributed by atoms with van der Waals surface area (Å²) in [6.45, 7) is 5.57. The van der Waals surface area contributed by atoms with Gasteiger partial charge in [-0.05, 0) is 56.3 Å². The normalized spacial score (nSPS) is 17.5. The summed E-state index contributed by atoms with van der Waals surface area (Å²) in [5.41, 5.74) is 2.52. The summed E-state index contributed by atoms with van der Waals surface area (Å²) in [5, 5.41) is 0. The minimum absolute atomic E-state index is 0.107. The molecule has 140 valence electrons. The third-order valence-electron chi connectivity index (χ3n) is 4.57. The minimum Gasteiger partial charge on any atom is -0.493 e. The Kier molecular flexibility index (Phi) is 4.75. The van der Waals surface area contributed by atoms with Crippen molar-refractivity contribution >= 4 is 11.9 Å². The molecule has 1 atom stereocenters. The first kappa shape index (κ1) is 17.5. The van der Waals surface area contributed by atoms with Gasteiger partial charge in [0.15, 0.2) is 17.3 Å². The molecule has 0 N–H and O–H groups in total. The van der Waals surface area contributed by atoms with Gasteiger partial charge in [-0.15, -0.1) is 0 Å². The molecule has 2 aliphatic heterocycles. The molecule has 0 bridgehead atoms. The van der Waals surface area contributed by atoms with Crippen molar-refractivity contribution in [3.63, 3.8) is 0 Å². The number of hydrogen-bond acceptors (Lipinski definition) is 5.